The smallest absolute Gasteiger partial charge is 0.222 e. The average molecular weight is 357 g/mol. The summed E-state index contributed by atoms with van der Waals surface area (Å²) in [5.41, 5.74) is 6.75. The minimum Gasteiger partial charge on any atom is -0.496 e. The molecule has 136 valence electrons. The highest BCUT2D eigenvalue weighted by Gasteiger charge is 2.38. The quantitative estimate of drug-likeness (QED) is 0.750. The predicted octanol–water partition coefficient (Wildman–Crippen LogP) is 2.41. The summed E-state index contributed by atoms with van der Waals surface area (Å²) in [6.07, 6.45) is 4.57. The fourth-order valence-corrected chi connectivity index (χ4v) is 3.49. The first-order valence-corrected chi connectivity index (χ1v) is 8.28. The van der Waals surface area contributed by atoms with Gasteiger partial charge in [0.05, 0.1) is 19.6 Å². The zero-order chi connectivity index (χ0) is 16.7. The van der Waals surface area contributed by atoms with Gasteiger partial charge in [0.2, 0.25) is 5.91 Å². The number of carbonyl (C=O) groups is 1. The molecule has 0 aliphatic heterocycles. The summed E-state index contributed by atoms with van der Waals surface area (Å²) in [6, 6.07) is 8.13. The fraction of sp³-hybridized carbons (Fsp3) is 0.611. The first kappa shape index (κ1) is 20.7. The zero-order valence-corrected chi connectivity index (χ0v) is 15.4. The zero-order valence-electron chi connectivity index (χ0n) is 14.5. The normalized spacial score (nSPS) is 17.0. The van der Waals surface area contributed by atoms with Crippen molar-refractivity contribution in [1.29, 1.82) is 0 Å². The molecule has 6 heteroatoms. The van der Waals surface area contributed by atoms with Gasteiger partial charge in [-0.2, -0.15) is 0 Å². The Morgan fingerprint density at radius 1 is 1.29 bits per heavy atom. The van der Waals surface area contributed by atoms with Crippen LogP contribution >= 0.6 is 12.4 Å². The highest BCUT2D eigenvalue weighted by atomic mass is 35.5. The molecule has 1 saturated carbocycles. The highest BCUT2D eigenvalue weighted by Crippen LogP contribution is 2.44. The average Bonchev–Trinajstić information content (AvgIpc) is 3.08. The monoisotopic (exact) mass is 356 g/mol. The molecule has 0 bridgehead atoms. The van der Waals surface area contributed by atoms with Crippen LogP contribution in [-0.2, 0) is 14.9 Å². The second kappa shape index (κ2) is 9.87. The van der Waals surface area contributed by atoms with Crippen molar-refractivity contribution in [2.24, 2.45) is 5.73 Å². The van der Waals surface area contributed by atoms with Crippen LogP contribution < -0.4 is 15.8 Å². The number of hydrogen-bond acceptors (Lipinski definition) is 4. The maximum atomic E-state index is 12.2. The number of halogens is 1. The van der Waals surface area contributed by atoms with Gasteiger partial charge in [0.1, 0.15) is 5.75 Å². The number of nitrogens with one attached hydrogen (secondary N) is 1. The van der Waals surface area contributed by atoms with E-state index in [0.29, 0.717) is 19.5 Å². The maximum Gasteiger partial charge on any atom is 0.222 e. The molecular weight excluding hydrogens is 328 g/mol. The molecule has 0 spiro atoms. The molecular formula is C18H29ClN2O3. The molecule has 1 aromatic carbocycles. The molecule has 5 nitrogen and oxygen atoms in total. The Bertz CT molecular complexity index is 515. The van der Waals surface area contributed by atoms with E-state index >= 15 is 0 Å². The van der Waals surface area contributed by atoms with E-state index < -0.39 is 0 Å². The summed E-state index contributed by atoms with van der Waals surface area (Å²) >= 11 is 0. The number of hydrogen-bond donors (Lipinski definition) is 2. The standard InChI is InChI=1S/C18H28N2O3.ClH/c1-22-14(12-19)11-17(21)20-13-18(9-5-6-10-18)15-7-3-4-8-16(15)23-2;/h3-4,7-8,14H,5-6,9-13,19H2,1-2H3,(H,20,21);1H. The van der Waals surface area contributed by atoms with Crippen LogP contribution in [0, 0.1) is 0 Å². The van der Waals surface area contributed by atoms with Crippen LogP contribution in [0.1, 0.15) is 37.7 Å². The minimum absolute atomic E-state index is 0. The van der Waals surface area contributed by atoms with Crippen molar-refractivity contribution in [3.63, 3.8) is 0 Å². The number of ether oxygens (including phenoxy) is 2. The summed E-state index contributed by atoms with van der Waals surface area (Å²) in [5, 5.41) is 3.08. The van der Waals surface area contributed by atoms with Gasteiger partial charge in [0.15, 0.2) is 0 Å². The molecule has 0 aromatic heterocycles. The lowest BCUT2D eigenvalue weighted by atomic mass is 9.78. The third kappa shape index (κ3) is 4.85. The lowest BCUT2D eigenvalue weighted by Gasteiger charge is -2.31. The fourth-order valence-electron chi connectivity index (χ4n) is 3.49. The van der Waals surface area contributed by atoms with Crippen LogP contribution in [0.3, 0.4) is 0 Å². The SMILES string of the molecule is COc1ccccc1C1(CNC(=O)CC(CN)OC)CCCC1.Cl. The first-order chi connectivity index (χ1) is 11.1. The molecule has 3 N–H and O–H groups in total. The maximum absolute atomic E-state index is 12.2. The van der Waals surface area contributed by atoms with Crippen LogP contribution in [0.25, 0.3) is 0 Å². The minimum atomic E-state index is -0.221. The molecule has 1 fully saturated rings. The Balaban J connectivity index is 0.00000288. The summed E-state index contributed by atoms with van der Waals surface area (Å²) in [4.78, 5) is 12.2. The molecule has 1 unspecified atom stereocenters. The van der Waals surface area contributed by atoms with Crippen LogP contribution in [0.4, 0.5) is 0 Å². The van der Waals surface area contributed by atoms with Gasteiger partial charge in [0.25, 0.3) is 0 Å². The van der Waals surface area contributed by atoms with Gasteiger partial charge < -0.3 is 20.5 Å². The van der Waals surface area contributed by atoms with Gasteiger partial charge >= 0.3 is 0 Å². The van der Waals surface area contributed by atoms with Gasteiger partial charge in [-0.15, -0.1) is 12.4 Å². The molecule has 0 heterocycles. The Morgan fingerprint density at radius 2 is 1.96 bits per heavy atom. The number of methoxy groups -OCH3 is 2. The van der Waals surface area contributed by atoms with E-state index in [2.05, 4.69) is 11.4 Å². The lowest BCUT2D eigenvalue weighted by molar-refractivity contribution is -0.123. The van der Waals surface area contributed by atoms with Crippen molar-refractivity contribution in [2.75, 3.05) is 27.3 Å². The molecule has 1 aromatic rings. The summed E-state index contributed by atoms with van der Waals surface area (Å²) in [7, 11) is 3.28. The van der Waals surface area contributed by atoms with Crippen molar-refractivity contribution in [2.45, 2.75) is 43.6 Å². The molecule has 1 amide bonds. The predicted molar refractivity (Wildman–Crippen MR) is 97.9 cm³/mol. The molecule has 0 radical (unpaired) electrons. The largest absolute Gasteiger partial charge is 0.496 e. The lowest BCUT2D eigenvalue weighted by Crippen LogP contribution is -2.41. The van der Waals surface area contributed by atoms with Crippen molar-refractivity contribution in [3.8, 4) is 5.75 Å². The van der Waals surface area contributed by atoms with E-state index in [9.17, 15) is 4.79 Å². The Kier molecular flexibility index (Phi) is 8.53. The van der Waals surface area contributed by atoms with E-state index in [1.807, 2.05) is 18.2 Å². The molecule has 1 atom stereocenters. The number of amides is 1. The Hall–Kier alpha value is -1.30. The molecule has 0 saturated heterocycles. The summed E-state index contributed by atoms with van der Waals surface area (Å²) in [6.45, 7) is 0.981. The van der Waals surface area contributed by atoms with E-state index in [4.69, 9.17) is 15.2 Å². The van der Waals surface area contributed by atoms with Crippen molar-refractivity contribution >= 4 is 18.3 Å². The van der Waals surface area contributed by atoms with E-state index in [0.717, 1.165) is 18.6 Å². The van der Waals surface area contributed by atoms with Gasteiger partial charge in [-0.05, 0) is 18.9 Å². The van der Waals surface area contributed by atoms with Crippen LogP contribution in [-0.4, -0.2) is 39.3 Å². The molecule has 1 aliphatic carbocycles. The van der Waals surface area contributed by atoms with Gasteiger partial charge in [-0.1, -0.05) is 31.0 Å². The highest BCUT2D eigenvalue weighted by molar-refractivity contribution is 5.85. The van der Waals surface area contributed by atoms with Crippen LogP contribution in [0.15, 0.2) is 24.3 Å². The number of para-hydroxylation sites is 1. The van der Waals surface area contributed by atoms with Crippen LogP contribution in [0.5, 0.6) is 5.75 Å². The van der Waals surface area contributed by atoms with Gasteiger partial charge in [-0.3, -0.25) is 4.79 Å². The number of nitrogens with two attached hydrogens (primary N) is 1. The third-order valence-electron chi connectivity index (χ3n) is 4.87. The molecule has 2 rings (SSSR count). The Morgan fingerprint density at radius 3 is 2.54 bits per heavy atom. The molecule has 24 heavy (non-hydrogen) atoms. The van der Waals surface area contributed by atoms with E-state index in [1.165, 1.54) is 18.4 Å². The number of rotatable bonds is 8. The van der Waals surface area contributed by atoms with Crippen molar-refractivity contribution in [3.05, 3.63) is 29.8 Å². The van der Waals surface area contributed by atoms with Gasteiger partial charge in [0, 0.05) is 31.2 Å². The number of benzene rings is 1. The Labute approximate surface area is 150 Å². The molecule has 1 aliphatic rings. The van der Waals surface area contributed by atoms with E-state index in [-0.39, 0.29) is 29.8 Å². The number of carbonyl (C=O) groups excluding carboxylic acids is 1. The second-order valence-corrected chi connectivity index (χ2v) is 6.26. The van der Waals surface area contributed by atoms with Crippen molar-refractivity contribution in [1.82, 2.24) is 5.32 Å². The second-order valence-electron chi connectivity index (χ2n) is 6.26. The van der Waals surface area contributed by atoms with Gasteiger partial charge in [-0.25, -0.2) is 0 Å². The first-order valence-electron chi connectivity index (χ1n) is 8.28. The topological polar surface area (TPSA) is 73.6 Å². The summed E-state index contributed by atoms with van der Waals surface area (Å²) < 4.78 is 10.7. The third-order valence-corrected chi connectivity index (χ3v) is 4.87. The summed E-state index contributed by atoms with van der Waals surface area (Å²) in [5.74, 6) is 0.892. The van der Waals surface area contributed by atoms with Crippen LogP contribution in [0.2, 0.25) is 0 Å². The van der Waals surface area contributed by atoms with E-state index in [1.54, 1.807) is 14.2 Å². The van der Waals surface area contributed by atoms with Crippen molar-refractivity contribution < 1.29 is 14.3 Å².